The Morgan fingerprint density at radius 2 is 2.19 bits per heavy atom. The summed E-state index contributed by atoms with van der Waals surface area (Å²) in [5, 5.41) is 4.65. The van der Waals surface area contributed by atoms with Crippen molar-refractivity contribution in [2.24, 2.45) is 12.0 Å². The molecule has 3 rings (SSSR count). The molecule has 0 radical (unpaired) electrons. The first-order valence-corrected chi connectivity index (χ1v) is 10.2. The second-order valence-electron chi connectivity index (χ2n) is 6.27. The van der Waals surface area contributed by atoms with Crippen molar-refractivity contribution in [3.63, 3.8) is 0 Å². The molecule has 0 amide bonds. The summed E-state index contributed by atoms with van der Waals surface area (Å²) in [5.74, 6) is 0.909. The molecule has 3 aromatic rings. The van der Waals surface area contributed by atoms with E-state index in [2.05, 4.69) is 80.3 Å². The molecular formula is C19H24BrN5S. The highest BCUT2D eigenvalue weighted by Gasteiger charge is 2.10. The Balaban J connectivity index is 1.48. The van der Waals surface area contributed by atoms with Crippen molar-refractivity contribution in [2.45, 2.75) is 19.4 Å². The van der Waals surface area contributed by atoms with E-state index in [-0.39, 0.29) is 0 Å². The Kier molecular flexibility index (Phi) is 6.32. The largest absolute Gasteiger partial charge is 0.356 e. The van der Waals surface area contributed by atoms with Gasteiger partial charge in [-0.15, -0.1) is 11.3 Å². The van der Waals surface area contributed by atoms with Gasteiger partial charge in [0.2, 0.25) is 0 Å². The lowest BCUT2D eigenvalue weighted by atomic mass is 10.3. The van der Waals surface area contributed by atoms with Gasteiger partial charge in [-0.1, -0.05) is 12.1 Å². The second-order valence-corrected chi connectivity index (χ2v) is 8.30. The maximum absolute atomic E-state index is 4.70. The van der Waals surface area contributed by atoms with Crippen LogP contribution in [0, 0.1) is 0 Å². The molecule has 0 atom stereocenters. The lowest BCUT2D eigenvalue weighted by molar-refractivity contribution is 0.461. The van der Waals surface area contributed by atoms with Gasteiger partial charge in [0.15, 0.2) is 5.96 Å². The summed E-state index contributed by atoms with van der Waals surface area (Å²) in [5.41, 5.74) is 2.33. The number of fused-ring (bicyclic) bond motifs is 1. The number of nitrogens with zero attached hydrogens (tertiary/aromatic N) is 4. The van der Waals surface area contributed by atoms with E-state index in [9.17, 15) is 0 Å². The first-order valence-electron chi connectivity index (χ1n) is 8.64. The molecule has 0 unspecified atom stereocenters. The van der Waals surface area contributed by atoms with Crippen LogP contribution in [-0.4, -0.2) is 41.1 Å². The Hall–Kier alpha value is -1.86. The minimum Gasteiger partial charge on any atom is -0.356 e. The van der Waals surface area contributed by atoms with Gasteiger partial charge >= 0.3 is 0 Å². The molecule has 0 aliphatic carbocycles. The minimum atomic E-state index is 0.805. The van der Waals surface area contributed by atoms with Crippen LogP contribution in [0.4, 0.5) is 0 Å². The van der Waals surface area contributed by atoms with E-state index < -0.39 is 0 Å². The van der Waals surface area contributed by atoms with Crippen LogP contribution in [0.25, 0.3) is 10.2 Å². The number of hydrogen-bond donors (Lipinski definition) is 1. The van der Waals surface area contributed by atoms with E-state index in [0.29, 0.717) is 0 Å². The number of hydrogen-bond acceptors (Lipinski definition) is 3. The molecule has 26 heavy (non-hydrogen) atoms. The normalized spacial score (nSPS) is 11.9. The van der Waals surface area contributed by atoms with Crippen LogP contribution in [0.3, 0.4) is 0 Å². The molecule has 2 aromatic heterocycles. The predicted octanol–water partition coefficient (Wildman–Crippen LogP) is 4.04. The van der Waals surface area contributed by atoms with Gasteiger partial charge in [-0.3, -0.25) is 4.99 Å². The van der Waals surface area contributed by atoms with Crippen molar-refractivity contribution in [1.82, 2.24) is 19.8 Å². The van der Waals surface area contributed by atoms with Crippen molar-refractivity contribution < 1.29 is 0 Å². The predicted molar refractivity (Wildman–Crippen MR) is 114 cm³/mol. The van der Waals surface area contributed by atoms with Crippen molar-refractivity contribution in [1.29, 1.82) is 0 Å². The summed E-state index contributed by atoms with van der Waals surface area (Å²) in [7, 11) is 5.94. The molecule has 0 saturated heterocycles. The molecule has 0 fully saturated rings. The molecule has 7 heteroatoms. The quantitative estimate of drug-likeness (QED) is 0.362. The number of guanidine groups is 1. The zero-order valence-corrected chi connectivity index (χ0v) is 17.8. The maximum atomic E-state index is 4.70. The standard InChI is InChI=1S/C19H24BrN5S/c1-21-19(25(3)13-15-11-14(20)12-24(15)2)22-10-6-9-18-23-16-7-4-5-8-17(16)26-18/h4-5,7-8,11-12H,6,9-10,13H2,1-3H3,(H,21,22). The molecule has 1 N–H and O–H groups in total. The first kappa shape index (κ1) is 18.9. The van der Waals surface area contributed by atoms with E-state index in [4.69, 9.17) is 4.98 Å². The van der Waals surface area contributed by atoms with E-state index in [1.807, 2.05) is 13.1 Å². The van der Waals surface area contributed by atoms with Gasteiger partial charge < -0.3 is 14.8 Å². The molecule has 0 saturated carbocycles. The summed E-state index contributed by atoms with van der Waals surface area (Å²) in [6, 6.07) is 10.5. The number of aliphatic imine (C=N–C) groups is 1. The van der Waals surface area contributed by atoms with Crippen LogP contribution in [-0.2, 0) is 20.0 Å². The van der Waals surface area contributed by atoms with Crippen LogP contribution >= 0.6 is 27.3 Å². The summed E-state index contributed by atoms with van der Waals surface area (Å²) in [6.07, 6.45) is 4.08. The van der Waals surface area contributed by atoms with Gasteiger partial charge in [-0.2, -0.15) is 0 Å². The molecule has 0 bridgehead atoms. The average Bonchev–Trinajstić information content (AvgIpc) is 3.17. The summed E-state index contributed by atoms with van der Waals surface area (Å²) >= 11 is 5.31. The van der Waals surface area contributed by atoms with Crippen molar-refractivity contribution in [2.75, 3.05) is 20.6 Å². The monoisotopic (exact) mass is 433 g/mol. The van der Waals surface area contributed by atoms with Crippen LogP contribution < -0.4 is 5.32 Å². The third-order valence-electron chi connectivity index (χ3n) is 4.24. The zero-order valence-electron chi connectivity index (χ0n) is 15.4. The van der Waals surface area contributed by atoms with Crippen molar-refractivity contribution in [3.05, 3.63) is 51.7 Å². The van der Waals surface area contributed by atoms with Crippen LogP contribution in [0.2, 0.25) is 0 Å². The first-order chi connectivity index (χ1) is 12.6. The van der Waals surface area contributed by atoms with Crippen LogP contribution in [0.1, 0.15) is 17.1 Å². The highest BCUT2D eigenvalue weighted by Crippen LogP contribution is 2.22. The maximum Gasteiger partial charge on any atom is 0.193 e. The Morgan fingerprint density at radius 3 is 2.88 bits per heavy atom. The smallest absolute Gasteiger partial charge is 0.193 e. The number of aryl methyl sites for hydroxylation is 2. The van der Waals surface area contributed by atoms with Crippen molar-refractivity contribution in [3.8, 4) is 0 Å². The summed E-state index contributed by atoms with van der Waals surface area (Å²) in [4.78, 5) is 11.2. The molecular weight excluding hydrogens is 410 g/mol. The number of halogens is 1. The van der Waals surface area contributed by atoms with Gasteiger partial charge in [-0.05, 0) is 40.5 Å². The Bertz CT molecular complexity index is 865. The number of para-hydroxylation sites is 1. The number of thiazole rings is 1. The second kappa shape index (κ2) is 8.68. The van der Waals surface area contributed by atoms with Gasteiger partial charge in [-0.25, -0.2) is 4.98 Å². The molecule has 0 aliphatic rings. The zero-order chi connectivity index (χ0) is 18.5. The number of aromatic nitrogens is 2. The fourth-order valence-corrected chi connectivity index (χ4v) is 4.47. The number of rotatable bonds is 6. The summed E-state index contributed by atoms with van der Waals surface area (Å²) < 4.78 is 4.49. The van der Waals surface area contributed by atoms with Crippen LogP contribution in [0.15, 0.2) is 46.0 Å². The van der Waals surface area contributed by atoms with E-state index >= 15 is 0 Å². The molecule has 138 valence electrons. The highest BCUT2D eigenvalue weighted by molar-refractivity contribution is 9.10. The van der Waals surface area contributed by atoms with Gasteiger partial charge in [0.1, 0.15) is 0 Å². The minimum absolute atomic E-state index is 0.805. The number of nitrogens with one attached hydrogen (secondary N) is 1. The van der Waals surface area contributed by atoms with Gasteiger partial charge in [0.25, 0.3) is 0 Å². The SMILES string of the molecule is CN=C(NCCCc1nc2ccccc2s1)N(C)Cc1cc(Br)cn1C. The Morgan fingerprint density at radius 1 is 1.38 bits per heavy atom. The number of benzene rings is 1. The molecule has 0 aliphatic heterocycles. The van der Waals surface area contributed by atoms with Crippen LogP contribution in [0.5, 0.6) is 0 Å². The fraction of sp³-hybridized carbons (Fsp3) is 0.368. The fourth-order valence-electron chi connectivity index (χ4n) is 2.89. The Labute approximate surface area is 166 Å². The molecule has 0 spiro atoms. The van der Waals surface area contributed by atoms with Gasteiger partial charge in [0.05, 0.1) is 21.8 Å². The van der Waals surface area contributed by atoms with E-state index in [1.54, 1.807) is 11.3 Å². The summed E-state index contributed by atoms with van der Waals surface area (Å²) in [6.45, 7) is 1.68. The molecule has 2 heterocycles. The third-order valence-corrected chi connectivity index (χ3v) is 5.77. The molecule has 5 nitrogen and oxygen atoms in total. The average molecular weight is 434 g/mol. The molecule has 1 aromatic carbocycles. The van der Waals surface area contributed by atoms with Gasteiger partial charge in [0, 0.05) is 50.5 Å². The topological polar surface area (TPSA) is 45.5 Å². The lowest BCUT2D eigenvalue weighted by Crippen LogP contribution is -2.39. The third kappa shape index (κ3) is 4.65. The van der Waals surface area contributed by atoms with E-state index in [0.717, 1.165) is 41.9 Å². The van der Waals surface area contributed by atoms with E-state index in [1.165, 1.54) is 15.4 Å². The highest BCUT2D eigenvalue weighted by atomic mass is 79.9. The lowest BCUT2D eigenvalue weighted by Gasteiger charge is -2.22. The van der Waals surface area contributed by atoms with Crippen molar-refractivity contribution >= 4 is 43.4 Å².